The largest absolute Gasteiger partial charge is 0.496 e. The highest BCUT2D eigenvalue weighted by molar-refractivity contribution is 5.95. The van der Waals surface area contributed by atoms with Crippen LogP contribution in [-0.4, -0.2) is 13.0 Å². The predicted molar refractivity (Wildman–Crippen MR) is 66.6 cm³/mol. The van der Waals surface area contributed by atoms with Crippen molar-refractivity contribution in [3.63, 3.8) is 0 Å². The molecule has 0 bridgehead atoms. The van der Waals surface area contributed by atoms with Crippen molar-refractivity contribution in [3.8, 4) is 5.75 Å². The molecule has 4 N–H and O–H groups in total. The Balaban J connectivity index is 2.70. The lowest BCUT2D eigenvalue weighted by atomic mass is 9.98. The number of rotatable bonds is 3. The first-order chi connectivity index (χ1) is 8.15. The lowest BCUT2D eigenvalue weighted by Gasteiger charge is -2.13. The number of benzene rings is 2. The van der Waals surface area contributed by atoms with Gasteiger partial charge in [0.05, 0.1) is 7.11 Å². The van der Waals surface area contributed by atoms with Gasteiger partial charge in [-0.1, -0.05) is 30.3 Å². The molecule has 1 atom stereocenters. The van der Waals surface area contributed by atoms with Crippen LogP contribution >= 0.6 is 0 Å². The summed E-state index contributed by atoms with van der Waals surface area (Å²) in [5, 5.41) is 1.81. The Hall–Kier alpha value is -2.07. The standard InChI is InChI=1S/C13H14N2O2/c1-17-11-7-6-10(12(14)13(15)16)8-4-2-3-5-9(8)11/h2-7,12H,14H2,1H3,(H2,15,16). The van der Waals surface area contributed by atoms with Gasteiger partial charge in [-0.2, -0.15) is 0 Å². The smallest absolute Gasteiger partial charge is 0.238 e. The number of methoxy groups -OCH3 is 1. The van der Waals surface area contributed by atoms with Crippen LogP contribution in [0, 0.1) is 0 Å². The summed E-state index contributed by atoms with van der Waals surface area (Å²) in [6.07, 6.45) is 0. The molecule has 2 aromatic carbocycles. The van der Waals surface area contributed by atoms with E-state index in [0.717, 1.165) is 16.5 Å². The van der Waals surface area contributed by atoms with Crippen molar-refractivity contribution in [2.75, 3.05) is 7.11 Å². The Bertz CT molecular complexity index is 566. The molecule has 4 nitrogen and oxygen atoms in total. The molecule has 0 fully saturated rings. The van der Waals surface area contributed by atoms with E-state index in [1.807, 2.05) is 24.3 Å². The molecular formula is C13H14N2O2. The average Bonchev–Trinajstić information content (AvgIpc) is 2.36. The van der Waals surface area contributed by atoms with E-state index in [9.17, 15) is 4.79 Å². The second kappa shape index (κ2) is 4.43. The second-order valence-electron chi connectivity index (χ2n) is 3.78. The van der Waals surface area contributed by atoms with Crippen LogP contribution < -0.4 is 16.2 Å². The number of carbonyl (C=O) groups excluding carboxylic acids is 1. The third-order valence-corrected chi connectivity index (χ3v) is 2.78. The first kappa shape index (κ1) is 11.4. The molecule has 1 unspecified atom stereocenters. The molecule has 2 rings (SSSR count). The molecule has 2 aromatic rings. The second-order valence-corrected chi connectivity index (χ2v) is 3.78. The number of carbonyl (C=O) groups is 1. The first-order valence-electron chi connectivity index (χ1n) is 5.25. The van der Waals surface area contributed by atoms with Crippen molar-refractivity contribution in [2.24, 2.45) is 11.5 Å². The molecule has 0 saturated carbocycles. The average molecular weight is 230 g/mol. The lowest BCUT2D eigenvalue weighted by Crippen LogP contribution is -2.28. The highest BCUT2D eigenvalue weighted by Gasteiger charge is 2.16. The summed E-state index contributed by atoms with van der Waals surface area (Å²) in [6.45, 7) is 0. The maximum absolute atomic E-state index is 11.2. The Kier molecular flexibility index (Phi) is 2.97. The van der Waals surface area contributed by atoms with E-state index in [4.69, 9.17) is 16.2 Å². The fourth-order valence-electron chi connectivity index (χ4n) is 1.90. The molecule has 0 aromatic heterocycles. The molecule has 88 valence electrons. The van der Waals surface area contributed by atoms with Crippen LogP contribution in [-0.2, 0) is 4.79 Å². The third-order valence-electron chi connectivity index (χ3n) is 2.78. The maximum atomic E-state index is 11.2. The minimum atomic E-state index is -0.800. The minimum absolute atomic E-state index is 0.541. The predicted octanol–water partition coefficient (Wildman–Crippen LogP) is 1.33. The van der Waals surface area contributed by atoms with E-state index < -0.39 is 11.9 Å². The van der Waals surface area contributed by atoms with Crippen LogP contribution in [0.15, 0.2) is 36.4 Å². The molecule has 1 amide bonds. The van der Waals surface area contributed by atoms with Gasteiger partial charge in [-0.15, -0.1) is 0 Å². The highest BCUT2D eigenvalue weighted by atomic mass is 16.5. The van der Waals surface area contributed by atoms with Crippen LogP contribution in [0.25, 0.3) is 10.8 Å². The van der Waals surface area contributed by atoms with Gasteiger partial charge in [0, 0.05) is 5.39 Å². The Morgan fingerprint density at radius 3 is 2.41 bits per heavy atom. The molecular weight excluding hydrogens is 216 g/mol. The number of fused-ring (bicyclic) bond motifs is 1. The fraction of sp³-hybridized carbons (Fsp3) is 0.154. The molecule has 0 radical (unpaired) electrons. The SMILES string of the molecule is COc1ccc(C(N)C(N)=O)c2ccccc12. The zero-order chi connectivity index (χ0) is 12.4. The van der Waals surface area contributed by atoms with Gasteiger partial charge in [0.25, 0.3) is 0 Å². The van der Waals surface area contributed by atoms with Gasteiger partial charge in [0.2, 0.25) is 5.91 Å². The molecule has 0 aliphatic heterocycles. The van der Waals surface area contributed by atoms with E-state index in [0.29, 0.717) is 5.56 Å². The van der Waals surface area contributed by atoms with Gasteiger partial charge in [-0.3, -0.25) is 4.79 Å². The molecule has 0 aliphatic carbocycles. The maximum Gasteiger partial charge on any atom is 0.238 e. The Morgan fingerprint density at radius 2 is 1.82 bits per heavy atom. The zero-order valence-electron chi connectivity index (χ0n) is 9.51. The Morgan fingerprint density at radius 1 is 1.18 bits per heavy atom. The summed E-state index contributed by atoms with van der Waals surface area (Å²) in [6, 6.07) is 10.4. The van der Waals surface area contributed by atoms with Crippen LogP contribution in [0.2, 0.25) is 0 Å². The van der Waals surface area contributed by atoms with Gasteiger partial charge in [-0.05, 0) is 17.0 Å². The number of hydrogen-bond donors (Lipinski definition) is 2. The molecule has 4 heteroatoms. The first-order valence-corrected chi connectivity index (χ1v) is 5.25. The highest BCUT2D eigenvalue weighted by Crippen LogP contribution is 2.30. The fourth-order valence-corrected chi connectivity index (χ4v) is 1.90. The summed E-state index contributed by atoms with van der Waals surface area (Å²) in [5.74, 6) is 0.210. The van der Waals surface area contributed by atoms with Crippen LogP contribution in [0.1, 0.15) is 11.6 Å². The zero-order valence-corrected chi connectivity index (χ0v) is 9.51. The van der Waals surface area contributed by atoms with Crippen molar-refractivity contribution in [2.45, 2.75) is 6.04 Å². The van der Waals surface area contributed by atoms with Crippen molar-refractivity contribution in [1.82, 2.24) is 0 Å². The summed E-state index contributed by atoms with van der Waals surface area (Å²) in [7, 11) is 1.61. The Labute approximate surface area is 99.2 Å². The third kappa shape index (κ3) is 1.94. The van der Waals surface area contributed by atoms with E-state index in [1.54, 1.807) is 19.2 Å². The molecule has 17 heavy (non-hydrogen) atoms. The van der Waals surface area contributed by atoms with Gasteiger partial charge >= 0.3 is 0 Å². The van der Waals surface area contributed by atoms with Crippen LogP contribution in [0.4, 0.5) is 0 Å². The number of nitrogens with two attached hydrogens (primary N) is 2. The molecule has 0 spiro atoms. The number of amides is 1. The number of primary amides is 1. The molecule has 0 aliphatic rings. The van der Waals surface area contributed by atoms with E-state index in [-0.39, 0.29) is 0 Å². The van der Waals surface area contributed by atoms with Gasteiger partial charge < -0.3 is 16.2 Å². The summed E-state index contributed by atoms with van der Waals surface area (Å²) in [5.41, 5.74) is 11.7. The minimum Gasteiger partial charge on any atom is -0.496 e. The van der Waals surface area contributed by atoms with E-state index in [1.165, 1.54) is 0 Å². The van der Waals surface area contributed by atoms with Gasteiger partial charge in [0.15, 0.2) is 0 Å². The molecule has 0 heterocycles. The number of hydrogen-bond acceptors (Lipinski definition) is 3. The summed E-state index contributed by atoms with van der Waals surface area (Å²) >= 11 is 0. The quantitative estimate of drug-likeness (QED) is 0.835. The van der Waals surface area contributed by atoms with Crippen molar-refractivity contribution < 1.29 is 9.53 Å². The topological polar surface area (TPSA) is 78.3 Å². The molecule has 0 saturated heterocycles. The normalized spacial score (nSPS) is 12.4. The van der Waals surface area contributed by atoms with Crippen LogP contribution in [0.5, 0.6) is 5.75 Å². The van der Waals surface area contributed by atoms with Crippen molar-refractivity contribution >= 4 is 16.7 Å². The van der Waals surface area contributed by atoms with Crippen molar-refractivity contribution in [1.29, 1.82) is 0 Å². The monoisotopic (exact) mass is 230 g/mol. The summed E-state index contributed by atoms with van der Waals surface area (Å²) in [4.78, 5) is 11.2. The lowest BCUT2D eigenvalue weighted by molar-refractivity contribution is -0.119. The van der Waals surface area contributed by atoms with Crippen molar-refractivity contribution in [3.05, 3.63) is 42.0 Å². The van der Waals surface area contributed by atoms with Gasteiger partial charge in [0.1, 0.15) is 11.8 Å². The number of ether oxygens (including phenoxy) is 1. The van der Waals surface area contributed by atoms with Crippen LogP contribution in [0.3, 0.4) is 0 Å². The van der Waals surface area contributed by atoms with Gasteiger partial charge in [-0.25, -0.2) is 0 Å². The summed E-state index contributed by atoms with van der Waals surface area (Å²) < 4.78 is 5.27. The van der Waals surface area contributed by atoms with E-state index in [2.05, 4.69) is 0 Å². The van der Waals surface area contributed by atoms with E-state index >= 15 is 0 Å².